The molecule has 6 rings (SSSR count). The number of aliphatic hydroxyl groups excluding tert-OH is 1. The molecule has 2 aromatic heterocycles. The first-order valence-corrected chi connectivity index (χ1v) is 18.1. The largest absolute Gasteiger partial charge is 0.481 e. The second-order valence-corrected chi connectivity index (χ2v) is 14.7. The molecule has 12 heteroatoms. The van der Waals surface area contributed by atoms with E-state index >= 15 is 0 Å². The number of fused-ring (bicyclic) bond motifs is 1. The van der Waals surface area contributed by atoms with E-state index in [1.807, 2.05) is 36.4 Å². The highest BCUT2D eigenvalue weighted by Crippen LogP contribution is 2.41. The Labute approximate surface area is 320 Å². The molecule has 5 aromatic rings. The number of rotatable bonds is 13. The number of nitrogens with two attached hydrogens (primary N) is 1. The van der Waals surface area contributed by atoms with E-state index in [9.17, 15) is 20.3 Å². The number of carboxylic acids is 1. The van der Waals surface area contributed by atoms with Crippen LogP contribution in [0.1, 0.15) is 46.7 Å². The second kappa shape index (κ2) is 16.0. The zero-order chi connectivity index (χ0) is 37.0. The molecule has 3 aromatic carbocycles. The highest BCUT2D eigenvalue weighted by Gasteiger charge is 2.32. The van der Waals surface area contributed by atoms with Gasteiger partial charge in [0.25, 0.3) is 0 Å². The smallest absolute Gasteiger partial charge is 0.311 e. The van der Waals surface area contributed by atoms with Gasteiger partial charge in [-0.25, -0.2) is 0 Å². The van der Waals surface area contributed by atoms with Crippen molar-refractivity contribution in [2.45, 2.75) is 51.9 Å². The molecule has 0 aliphatic heterocycles. The summed E-state index contributed by atoms with van der Waals surface area (Å²) in [6.45, 7) is 1.07. The third kappa shape index (κ3) is 8.10. The molecular formula is C40H35BrCl2N4O5. The number of nitriles is 1. The third-order valence-corrected chi connectivity index (χ3v) is 10.7. The molecule has 9 nitrogen and oxygen atoms in total. The van der Waals surface area contributed by atoms with Crippen LogP contribution in [0.2, 0.25) is 10.0 Å². The summed E-state index contributed by atoms with van der Waals surface area (Å²) in [6.07, 6.45) is 5.13. The van der Waals surface area contributed by atoms with Crippen LogP contribution in [0.15, 0.2) is 83.6 Å². The summed E-state index contributed by atoms with van der Waals surface area (Å²) >= 11 is 17.7. The number of benzene rings is 3. The van der Waals surface area contributed by atoms with Gasteiger partial charge in [-0.15, -0.1) is 0 Å². The maximum absolute atomic E-state index is 11.9. The van der Waals surface area contributed by atoms with E-state index in [1.165, 1.54) is 24.2 Å². The molecule has 0 radical (unpaired) electrons. The van der Waals surface area contributed by atoms with Gasteiger partial charge in [-0.2, -0.15) is 10.2 Å². The summed E-state index contributed by atoms with van der Waals surface area (Å²) in [5.41, 5.74) is 13.2. The fourth-order valence-corrected chi connectivity index (χ4v) is 7.27. The molecule has 4 N–H and O–H groups in total. The van der Waals surface area contributed by atoms with Crippen molar-refractivity contribution >= 4 is 45.1 Å². The van der Waals surface area contributed by atoms with Crippen molar-refractivity contribution in [3.8, 4) is 40.1 Å². The Hall–Kier alpha value is -4.50. The minimum atomic E-state index is -1.36. The van der Waals surface area contributed by atoms with Crippen LogP contribution in [0.5, 0.6) is 11.8 Å². The Bertz CT molecular complexity index is 2190. The van der Waals surface area contributed by atoms with Crippen molar-refractivity contribution in [3.63, 3.8) is 0 Å². The van der Waals surface area contributed by atoms with Gasteiger partial charge in [0.05, 0.1) is 32.1 Å². The number of aliphatic carboxylic acids is 1. The molecule has 0 amide bonds. The highest BCUT2D eigenvalue weighted by atomic mass is 79.9. The average molecular weight is 803 g/mol. The predicted molar refractivity (Wildman–Crippen MR) is 203 cm³/mol. The van der Waals surface area contributed by atoms with E-state index in [1.54, 1.807) is 18.3 Å². The van der Waals surface area contributed by atoms with E-state index < -0.39 is 18.0 Å². The number of hydrogen-bond acceptors (Lipinski definition) is 8. The van der Waals surface area contributed by atoms with Gasteiger partial charge in [0, 0.05) is 51.8 Å². The molecule has 0 fully saturated rings. The molecule has 0 unspecified atom stereocenters. The number of carboxylic acid groups (broad SMARTS) is 1. The fourth-order valence-electron chi connectivity index (χ4n) is 6.17. The Morgan fingerprint density at radius 2 is 1.67 bits per heavy atom. The first-order chi connectivity index (χ1) is 25.0. The van der Waals surface area contributed by atoms with Gasteiger partial charge in [0.1, 0.15) is 19.3 Å². The fraction of sp³-hybridized carbons (Fsp3) is 0.250. The minimum absolute atomic E-state index is 0.0481. The molecule has 266 valence electrons. The molecule has 0 saturated heterocycles. The van der Waals surface area contributed by atoms with E-state index in [0.717, 1.165) is 35.1 Å². The van der Waals surface area contributed by atoms with E-state index in [0.29, 0.717) is 36.8 Å². The SMILES string of the molecule is C[C@](CO)(CCc1cc(Br)c(OCc2cccc(-c3cccc(-c4ccc5c(c4)C[C@@H](N)C5)c3Cl)c2Cl)nc1OCc1cncc(C#N)c1)C(=O)O. The summed E-state index contributed by atoms with van der Waals surface area (Å²) in [7, 11) is 0. The van der Waals surface area contributed by atoms with Crippen molar-refractivity contribution in [2.75, 3.05) is 6.61 Å². The average Bonchev–Trinajstić information content (AvgIpc) is 3.52. The lowest BCUT2D eigenvalue weighted by atomic mass is 9.85. The first-order valence-electron chi connectivity index (χ1n) is 16.6. The quantitative estimate of drug-likeness (QED) is 0.107. The number of pyridine rings is 2. The lowest BCUT2D eigenvalue weighted by Crippen LogP contribution is -2.32. The predicted octanol–water partition coefficient (Wildman–Crippen LogP) is 8.35. The van der Waals surface area contributed by atoms with Crippen molar-refractivity contribution in [2.24, 2.45) is 11.1 Å². The van der Waals surface area contributed by atoms with Crippen molar-refractivity contribution in [3.05, 3.63) is 127 Å². The van der Waals surface area contributed by atoms with Gasteiger partial charge >= 0.3 is 5.97 Å². The van der Waals surface area contributed by atoms with Crippen LogP contribution in [-0.4, -0.2) is 38.8 Å². The van der Waals surface area contributed by atoms with Crippen molar-refractivity contribution < 1.29 is 24.5 Å². The molecule has 52 heavy (non-hydrogen) atoms. The number of carbonyl (C=O) groups is 1. The van der Waals surface area contributed by atoms with Crippen LogP contribution in [0.4, 0.5) is 0 Å². The lowest BCUT2D eigenvalue weighted by molar-refractivity contribution is -0.150. The minimum Gasteiger partial charge on any atom is -0.481 e. The maximum atomic E-state index is 11.9. The first kappa shape index (κ1) is 37.3. The third-order valence-electron chi connectivity index (χ3n) is 9.31. The van der Waals surface area contributed by atoms with Crippen molar-refractivity contribution in [1.82, 2.24) is 9.97 Å². The van der Waals surface area contributed by atoms with Crippen LogP contribution in [0.25, 0.3) is 22.3 Å². The maximum Gasteiger partial charge on any atom is 0.311 e. The number of aryl methyl sites for hydroxylation is 1. The van der Waals surface area contributed by atoms with Gasteiger partial charge in [0.2, 0.25) is 11.8 Å². The number of halogens is 3. The van der Waals surface area contributed by atoms with E-state index in [4.69, 9.17) is 38.4 Å². The molecule has 2 heterocycles. The number of hydrogen-bond donors (Lipinski definition) is 3. The van der Waals surface area contributed by atoms with E-state index in [-0.39, 0.29) is 43.9 Å². The molecule has 0 bridgehead atoms. The summed E-state index contributed by atoms with van der Waals surface area (Å²) in [6, 6.07) is 23.6. The molecule has 0 spiro atoms. The highest BCUT2D eigenvalue weighted by molar-refractivity contribution is 9.10. The number of nitrogens with zero attached hydrogens (tertiary/aromatic N) is 3. The Morgan fingerprint density at radius 3 is 2.42 bits per heavy atom. The molecule has 0 saturated carbocycles. The number of aliphatic hydroxyl groups is 1. The molecular weight excluding hydrogens is 767 g/mol. The summed E-state index contributed by atoms with van der Waals surface area (Å²) in [5.74, 6) is -0.670. The second-order valence-electron chi connectivity index (χ2n) is 13.1. The Kier molecular flexibility index (Phi) is 11.5. The van der Waals surface area contributed by atoms with Gasteiger partial charge in [-0.1, -0.05) is 77.8 Å². The zero-order valence-corrected chi connectivity index (χ0v) is 31.3. The Balaban J connectivity index is 1.26. The monoisotopic (exact) mass is 800 g/mol. The lowest BCUT2D eigenvalue weighted by Gasteiger charge is -2.22. The van der Waals surface area contributed by atoms with Gasteiger partial charge in [-0.05, 0) is 77.4 Å². The normalized spacial score (nSPS) is 14.7. The standard InChI is InChI=1S/C40H35BrCl2N4O5/c1-40(22-48,39(49)50)11-10-27-16-34(41)38(47-37(27)51-20-24-12-23(17-44)18-46-19-24)52-21-28-4-2-6-32(35(28)42)33-7-3-5-31(36(33)43)26-9-8-25-14-30(45)15-29(25)13-26/h2-9,12-13,16,18-19,30,48H,10-11,14-15,20-22,45H2,1H3,(H,49,50)/t30-,40+/m0/s1. The summed E-state index contributed by atoms with van der Waals surface area (Å²) < 4.78 is 12.8. The topological polar surface area (TPSA) is 152 Å². The summed E-state index contributed by atoms with van der Waals surface area (Å²) in [4.78, 5) is 20.6. The van der Waals surface area contributed by atoms with E-state index in [2.05, 4.69) is 50.2 Å². The van der Waals surface area contributed by atoms with Crippen LogP contribution in [0, 0.1) is 16.7 Å². The van der Waals surface area contributed by atoms with Crippen LogP contribution in [0.3, 0.4) is 0 Å². The van der Waals surface area contributed by atoms with Crippen molar-refractivity contribution in [1.29, 1.82) is 5.26 Å². The molecule has 1 aliphatic carbocycles. The number of aromatic nitrogens is 2. The molecule has 2 atom stereocenters. The zero-order valence-electron chi connectivity index (χ0n) is 28.2. The van der Waals surface area contributed by atoms with Gasteiger partial charge < -0.3 is 25.4 Å². The van der Waals surface area contributed by atoms with Crippen LogP contribution < -0.4 is 15.2 Å². The summed E-state index contributed by atoms with van der Waals surface area (Å²) in [5, 5.41) is 29.9. The van der Waals surface area contributed by atoms with Gasteiger partial charge in [0.15, 0.2) is 0 Å². The van der Waals surface area contributed by atoms with Crippen LogP contribution in [-0.2, 0) is 37.3 Å². The van der Waals surface area contributed by atoms with Gasteiger partial charge in [-0.3, -0.25) is 9.78 Å². The molecule has 1 aliphatic rings. The number of ether oxygens (including phenoxy) is 2. The van der Waals surface area contributed by atoms with Crippen LogP contribution >= 0.6 is 39.1 Å². The Morgan fingerprint density at radius 1 is 0.962 bits per heavy atom.